The summed E-state index contributed by atoms with van der Waals surface area (Å²) in [5.41, 5.74) is 1.32. The predicted octanol–water partition coefficient (Wildman–Crippen LogP) is 2.11. The minimum Gasteiger partial charge on any atom is -0.280 e. The largest absolute Gasteiger partial charge is 0.389 e. The molecule has 5 nitrogen and oxygen atoms in total. The highest BCUT2D eigenvalue weighted by Gasteiger charge is 2.27. The lowest BCUT2D eigenvalue weighted by atomic mass is 10.3. The first-order chi connectivity index (χ1) is 8.11. The highest BCUT2D eigenvalue weighted by Crippen LogP contribution is 2.22. The number of aryl methyl sites for hydroxylation is 1. The van der Waals surface area contributed by atoms with Crippen molar-refractivity contribution in [2.45, 2.75) is 32.9 Å². The Labute approximate surface area is 103 Å². The lowest BCUT2D eigenvalue weighted by Crippen LogP contribution is -2.19. The van der Waals surface area contributed by atoms with Gasteiger partial charge in [0.1, 0.15) is 0 Å². The van der Waals surface area contributed by atoms with E-state index in [1.54, 1.807) is 13.8 Å². The first-order valence-electron chi connectivity index (χ1n) is 5.19. The molecule has 1 heterocycles. The first-order valence-corrected chi connectivity index (χ1v) is 6.85. The summed E-state index contributed by atoms with van der Waals surface area (Å²) < 4.78 is 60.9. The standard InChI is InChI=1S/C9H14F3N3O2S/c1-6-7(2)13-14-8(6)15-18(16,17)5-3-4-9(10,11)12/h3-5H2,1-2H3,(H2,13,14,15). The van der Waals surface area contributed by atoms with E-state index in [4.69, 9.17) is 0 Å². The monoisotopic (exact) mass is 285 g/mol. The molecule has 0 saturated carbocycles. The molecular formula is C9H14F3N3O2S. The number of nitrogens with zero attached hydrogens (tertiary/aromatic N) is 1. The van der Waals surface area contributed by atoms with Crippen molar-refractivity contribution in [1.29, 1.82) is 0 Å². The molecule has 9 heteroatoms. The number of rotatable bonds is 5. The van der Waals surface area contributed by atoms with Gasteiger partial charge >= 0.3 is 6.18 Å². The Morgan fingerprint density at radius 3 is 2.39 bits per heavy atom. The Hall–Kier alpha value is -1.25. The van der Waals surface area contributed by atoms with Crippen LogP contribution in [0.15, 0.2) is 0 Å². The number of hydrogen-bond donors (Lipinski definition) is 2. The third-order valence-corrected chi connectivity index (χ3v) is 3.71. The van der Waals surface area contributed by atoms with Crippen molar-refractivity contribution in [2.24, 2.45) is 0 Å². The lowest BCUT2D eigenvalue weighted by molar-refractivity contribution is -0.134. The summed E-state index contributed by atoms with van der Waals surface area (Å²) in [5.74, 6) is -0.461. The number of sulfonamides is 1. The zero-order valence-corrected chi connectivity index (χ0v) is 10.7. The summed E-state index contributed by atoms with van der Waals surface area (Å²) >= 11 is 0. The van der Waals surface area contributed by atoms with Crippen LogP contribution in [0, 0.1) is 13.8 Å². The maximum Gasteiger partial charge on any atom is 0.389 e. The normalized spacial score (nSPS) is 12.7. The molecule has 104 valence electrons. The van der Waals surface area contributed by atoms with Crippen LogP contribution < -0.4 is 4.72 Å². The fourth-order valence-electron chi connectivity index (χ4n) is 1.25. The number of alkyl halides is 3. The molecule has 0 aliphatic carbocycles. The van der Waals surface area contributed by atoms with Crippen LogP contribution >= 0.6 is 0 Å². The van der Waals surface area contributed by atoms with Gasteiger partial charge in [0, 0.05) is 17.7 Å². The molecule has 0 amide bonds. The van der Waals surface area contributed by atoms with Gasteiger partial charge in [0.25, 0.3) is 0 Å². The van der Waals surface area contributed by atoms with E-state index in [2.05, 4.69) is 14.9 Å². The topological polar surface area (TPSA) is 74.8 Å². The van der Waals surface area contributed by atoms with Crippen molar-refractivity contribution >= 4 is 15.8 Å². The lowest BCUT2D eigenvalue weighted by Gasteiger charge is -2.08. The van der Waals surface area contributed by atoms with E-state index in [9.17, 15) is 21.6 Å². The van der Waals surface area contributed by atoms with Gasteiger partial charge in [-0.15, -0.1) is 0 Å². The predicted molar refractivity (Wildman–Crippen MR) is 60.8 cm³/mol. The van der Waals surface area contributed by atoms with Gasteiger partial charge in [-0.25, -0.2) is 8.42 Å². The average molecular weight is 285 g/mol. The number of halogens is 3. The second-order valence-electron chi connectivity index (χ2n) is 3.96. The molecule has 0 unspecified atom stereocenters. The molecule has 0 saturated heterocycles. The zero-order chi connectivity index (χ0) is 14.0. The van der Waals surface area contributed by atoms with Crippen LogP contribution in [0.3, 0.4) is 0 Å². The van der Waals surface area contributed by atoms with E-state index < -0.39 is 34.8 Å². The molecular weight excluding hydrogens is 271 g/mol. The Kier molecular flexibility index (Phi) is 4.25. The highest BCUT2D eigenvalue weighted by molar-refractivity contribution is 7.92. The Morgan fingerprint density at radius 2 is 1.94 bits per heavy atom. The molecule has 0 atom stereocenters. The number of nitrogens with one attached hydrogen (secondary N) is 2. The minimum absolute atomic E-state index is 0.125. The summed E-state index contributed by atoms with van der Waals surface area (Å²) in [4.78, 5) is 0. The number of H-pyrrole nitrogens is 1. The summed E-state index contributed by atoms with van der Waals surface area (Å²) in [5, 5.41) is 6.30. The molecule has 0 radical (unpaired) electrons. The Morgan fingerprint density at radius 1 is 1.33 bits per heavy atom. The van der Waals surface area contributed by atoms with Crippen LogP contribution in [0.1, 0.15) is 24.1 Å². The van der Waals surface area contributed by atoms with Gasteiger partial charge in [-0.05, 0) is 20.3 Å². The van der Waals surface area contributed by atoms with Crippen molar-refractivity contribution < 1.29 is 21.6 Å². The van der Waals surface area contributed by atoms with Gasteiger partial charge in [0.05, 0.1) is 5.75 Å². The summed E-state index contributed by atoms with van der Waals surface area (Å²) in [7, 11) is -3.80. The van der Waals surface area contributed by atoms with E-state index in [1.807, 2.05) is 0 Å². The molecule has 1 rings (SSSR count). The molecule has 18 heavy (non-hydrogen) atoms. The SMILES string of the molecule is Cc1[nH]nc(NS(=O)(=O)CCCC(F)(F)F)c1C. The molecule has 0 spiro atoms. The van der Waals surface area contributed by atoms with Crippen LogP contribution in [0.4, 0.5) is 19.0 Å². The fraction of sp³-hybridized carbons (Fsp3) is 0.667. The summed E-state index contributed by atoms with van der Waals surface area (Å²) in [6.45, 7) is 3.37. The van der Waals surface area contributed by atoms with Gasteiger partial charge in [-0.3, -0.25) is 9.82 Å². The third kappa shape index (κ3) is 4.55. The zero-order valence-electron chi connectivity index (χ0n) is 9.93. The smallest absolute Gasteiger partial charge is 0.280 e. The van der Waals surface area contributed by atoms with Gasteiger partial charge in [-0.1, -0.05) is 0 Å². The van der Waals surface area contributed by atoms with Crippen LogP contribution in [0.2, 0.25) is 0 Å². The number of hydrogen-bond acceptors (Lipinski definition) is 3. The van der Waals surface area contributed by atoms with E-state index in [0.29, 0.717) is 11.3 Å². The van der Waals surface area contributed by atoms with Crippen LogP contribution in [-0.2, 0) is 10.0 Å². The molecule has 0 aliphatic rings. The number of anilines is 1. The van der Waals surface area contributed by atoms with Crippen molar-refractivity contribution in [2.75, 3.05) is 10.5 Å². The molecule has 2 N–H and O–H groups in total. The second-order valence-corrected chi connectivity index (χ2v) is 5.80. The molecule has 1 aromatic heterocycles. The van der Waals surface area contributed by atoms with Gasteiger partial charge in [0.15, 0.2) is 5.82 Å². The number of aromatic amines is 1. The third-order valence-electron chi connectivity index (χ3n) is 2.38. The van der Waals surface area contributed by atoms with Crippen LogP contribution in [0.25, 0.3) is 0 Å². The van der Waals surface area contributed by atoms with Crippen molar-refractivity contribution in [3.05, 3.63) is 11.3 Å². The Bertz CT molecular complexity index is 508. The molecule has 0 fully saturated rings. The molecule has 1 aromatic rings. The van der Waals surface area contributed by atoms with Crippen molar-refractivity contribution in [1.82, 2.24) is 10.2 Å². The van der Waals surface area contributed by atoms with E-state index in [1.165, 1.54) is 0 Å². The van der Waals surface area contributed by atoms with Crippen molar-refractivity contribution in [3.8, 4) is 0 Å². The summed E-state index contributed by atoms with van der Waals surface area (Å²) in [6.07, 6.45) is -5.93. The number of aromatic nitrogens is 2. The quantitative estimate of drug-likeness (QED) is 0.870. The Balaban J connectivity index is 2.58. The second kappa shape index (κ2) is 5.17. The van der Waals surface area contributed by atoms with Crippen LogP contribution in [-0.4, -0.2) is 30.5 Å². The van der Waals surface area contributed by atoms with E-state index >= 15 is 0 Å². The van der Waals surface area contributed by atoms with E-state index in [-0.39, 0.29) is 5.82 Å². The molecule has 0 aromatic carbocycles. The average Bonchev–Trinajstić information content (AvgIpc) is 2.46. The molecule has 0 bridgehead atoms. The maximum atomic E-state index is 11.9. The maximum absolute atomic E-state index is 11.9. The van der Waals surface area contributed by atoms with Gasteiger partial charge in [0.2, 0.25) is 10.0 Å². The van der Waals surface area contributed by atoms with E-state index in [0.717, 1.165) is 0 Å². The van der Waals surface area contributed by atoms with Gasteiger partial charge in [-0.2, -0.15) is 18.3 Å². The molecule has 0 aliphatic heterocycles. The van der Waals surface area contributed by atoms with Gasteiger partial charge < -0.3 is 0 Å². The van der Waals surface area contributed by atoms with Crippen molar-refractivity contribution in [3.63, 3.8) is 0 Å². The van der Waals surface area contributed by atoms with Crippen LogP contribution in [0.5, 0.6) is 0 Å². The summed E-state index contributed by atoms with van der Waals surface area (Å²) in [6, 6.07) is 0. The minimum atomic E-state index is -4.34. The fourth-order valence-corrected chi connectivity index (χ4v) is 2.37. The first kappa shape index (κ1) is 14.8. The highest BCUT2D eigenvalue weighted by atomic mass is 32.2.